The summed E-state index contributed by atoms with van der Waals surface area (Å²) in [5.41, 5.74) is -0.853. The van der Waals surface area contributed by atoms with Crippen LogP contribution in [0.3, 0.4) is 0 Å². The van der Waals surface area contributed by atoms with E-state index in [0.717, 1.165) is 36.8 Å². The fraction of sp³-hybridized carbons (Fsp3) is 0.800. The van der Waals surface area contributed by atoms with Crippen molar-refractivity contribution < 1.29 is 10.2 Å². The molecule has 0 radical (unpaired) electrons. The van der Waals surface area contributed by atoms with Crippen LogP contribution in [0.15, 0.2) is 24.3 Å². The average molecular weight is 306 g/mol. The molecule has 0 aliphatic heterocycles. The molecule has 2 rings (SSSR count). The van der Waals surface area contributed by atoms with Crippen molar-refractivity contribution in [3.05, 3.63) is 24.3 Å². The highest BCUT2D eigenvalue weighted by Gasteiger charge is 2.64. The molecule has 2 heteroatoms. The first-order chi connectivity index (χ1) is 10.1. The summed E-state index contributed by atoms with van der Waals surface area (Å²) in [6, 6.07) is 0. The summed E-state index contributed by atoms with van der Waals surface area (Å²) in [5, 5.41) is 23.5. The Morgan fingerprint density at radius 3 is 1.95 bits per heavy atom. The van der Waals surface area contributed by atoms with Gasteiger partial charge in [0.1, 0.15) is 5.60 Å². The summed E-state index contributed by atoms with van der Waals surface area (Å²) < 4.78 is 0. The standard InChI is InChI=1S/C20H34O2/c1-14(2)19(15(3)4)11-9-17(6)13-20(19,22)18(21)10-7-8-16(5)12-18/h16-17,21-22H,1,3,7-13H2,2,4-6H3/t16?,17-,18?,20+/m0/s1. The molecule has 0 amide bonds. The summed E-state index contributed by atoms with van der Waals surface area (Å²) in [6.45, 7) is 16.8. The van der Waals surface area contributed by atoms with Crippen molar-refractivity contribution in [3.63, 3.8) is 0 Å². The molecule has 0 saturated heterocycles. The lowest BCUT2D eigenvalue weighted by molar-refractivity contribution is -0.235. The van der Waals surface area contributed by atoms with Gasteiger partial charge in [0.2, 0.25) is 0 Å². The van der Waals surface area contributed by atoms with Crippen molar-refractivity contribution in [1.82, 2.24) is 0 Å². The lowest BCUT2D eigenvalue weighted by atomic mass is 9.48. The minimum atomic E-state index is -1.15. The molecule has 22 heavy (non-hydrogen) atoms. The minimum absolute atomic E-state index is 0.415. The number of rotatable bonds is 3. The molecule has 2 aliphatic carbocycles. The molecule has 126 valence electrons. The van der Waals surface area contributed by atoms with Crippen LogP contribution >= 0.6 is 0 Å². The maximum Gasteiger partial charge on any atom is 0.106 e. The van der Waals surface area contributed by atoms with E-state index in [1.165, 1.54) is 0 Å². The Morgan fingerprint density at radius 1 is 0.909 bits per heavy atom. The van der Waals surface area contributed by atoms with Gasteiger partial charge in [-0.15, -0.1) is 0 Å². The Morgan fingerprint density at radius 2 is 1.45 bits per heavy atom. The lowest BCUT2D eigenvalue weighted by Gasteiger charge is -2.61. The topological polar surface area (TPSA) is 40.5 Å². The molecule has 2 unspecified atom stereocenters. The highest BCUT2D eigenvalue weighted by molar-refractivity contribution is 5.34. The van der Waals surface area contributed by atoms with E-state index in [9.17, 15) is 10.2 Å². The summed E-state index contributed by atoms with van der Waals surface area (Å²) in [5.74, 6) is 0.867. The van der Waals surface area contributed by atoms with Crippen molar-refractivity contribution in [3.8, 4) is 0 Å². The van der Waals surface area contributed by atoms with Crippen LogP contribution in [0, 0.1) is 17.3 Å². The largest absolute Gasteiger partial charge is 0.387 e. The van der Waals surface area contributed by atoms with E-state index in [4.69, 9.17) is 0 Å². The third kappa shape index (κ3) is 2.39. The summed E-state index contributed by atoms with van der Waals surface area (Å²) in [6.07, 6.45) is 6.01. The van der Waals surface area contributed by atoms with E-state index in [1.807, 2.05) is 13.8 Å². The Balaban J connectivity index is 2.57. The van der Waals surface area contributed by atoms with Gasteiger partial charge in [-0.3, -0.25) is 0 Å². The summed E-state index contributed by atoms with van der Waals surface area (Å²) >= 11 is 0. The molecule has 0 aromatic rings. The normalized spacial score (nSPS) is 41.9. The number of hydrogen-bond donors (Lipinski definition) is 2. The number of aliphatic hydroxyl groups is 2. The molecule has 0 heterocycles. The molecule has 4 atom stereocenters. The first-order valence-corrected chi connectivity index (χ1v) is 8.86. The molecule has 2 N–H and O–H groups in total. The quantitative estimate of drug-likeness (QED) is 0.747. The van der Waals surface area contributed by atoms with E-state index in [2.05, 4.69) is 27.0 Å². The highest BCUT2D eigenvalue weighted by atomic mass is 16.4. The zero-order chi connectivity index (χ0) is 16.8. The monoisotopic (exact) mass is 306 g/mol. The van der Waals surface area contributed by atoms with Gasteiger partial charge < -0.3 is 10.2 Å². The van der Waals surface area contributed by atoms with E-state index >= 15 is 0 Å². The number of hydrogen-bond acceptors (Lipinski definition) is 2. The fourth-order valence-corrected chi connectivity index (χ4v) is 5.43. The molecule has 0 spiro atoms. The van der Waals surface area contributed by atoms with Gasteiger partial charge in [-0.2, -0.15) is 0 Å². The van der Waals surface area contributed by atoms with Crippen LogP contribution in [-0.2, 0) is 0 Å². The van der Waals surface area contributed by atoms with Gasteiger partial charge in [0.15, 0.2) is 0 Å². The average Bonchev–Trinajstić information content (AvgIpc) is 2.37. The second-order valence-corrected chi connectivity index (χ2v) is 8.41. The predicted molar refractivity (Wildman–Crippen MR) is 92.6 cm³/mol. The Labute approximate surface area is 136 Å². The molecule has 0 aromatic carbocycles. The van der Waals surface area contributed by atoms with Crippen molar-refractivity contribution >= 4 is 0 Å². The van der Waals surface area contributed by atoms with Crippen LogP contribution in [0.1, 0.15) is 72.6 Å². The van der Waals surface area contributed by atoms with Crippen LogP contribution in [0.4, 0.5) is 0 Å². The van der Waals surface area contributed by atoms with Crippen LogP contribution in [0.25, 0.3) is 0 Å². The van der Waals surface area contributed by atoms with Gasteiger partial charge in [0, 0.05) is 5.41 Å². The molecular formula is C20H34O2. The minimum Gasteiger partial charge on any atom is -0.387 e. The van der Waals surface area contributed by atoms with Crippen LogP contribution in [0.2, 0.25) is 0 Å². The van der Waals surface area contributed by atoms with Gasteiger partial charge >= 0.3 is 0 Å². The van der Waals surface area contributed by atoms with Crippen molar-refractivity contribution in [2.24, 2.45) is 17.3 Å². The van der Waals surface area contributed by atoms with E-state index in [1.54, 1.807) is 0 Å². The van der Waals surface area contributed by atoms with Gasteiger partial charge in [0.25, 0.3) is 0 Å². The molecule has 0 aromatic heterocycles. The summed E-state index contributed by atoms with van der Waals surface area (Å²) in [4.78, 5) is 0. The van der Waals surface area contributed by atoms with Crippen LogP contribution in [0.5, 0.6) is 0 Å². The first kappa shape index (κ1) is 17.7. The van der Waals surface area contributed by atoms with Crippen LogP contribution < -0.4 is 0 Å². The van der Waals surface area contributed by atoms with Crippen LogP contribution in [-0.4, -0.2) is 21.4 Å². The third-order valence-electron chi connectivity index (χ3n) is 6.56. The van der Waals surface area contributed by atoms with Crippen molar-refractivity contribution in [2.45, 2.75) is 83.8 Å². The van der Waals surface area contributed by atoms with Gasteiger partial charge in [-0.25, -0.2) is 0 Å². The smallest absolute Gasteiger partial charge is 0.106 e. The Kier molecular flexibility index (Phi) is 4.68. The summed E-state index contributed by atoms with van der Waals surface area (Å²) in [7, 11) is 0. The van der Waals surface area contributed by atoms with Crippen molar-refractivity contribution in [1.29, 1.82) is 0 Å². The lowest BCUT2D eigenvalue weighted by Crippen LogP contribution is -2.68. The zero-order valence-corrected chi connectivity index (χ0v) is 14.9. The van der Waals surface area contributed by atoms with Gasteiger partial charge in [0.05, 0.1) is 5.60 Å². The fourth-order valence-electron chi connectivity index (χ4n) is 5.43. The predicted octanol–water partition coefficient (Wildman–Crippen LogP) is 4.62. The molecular weight excluding hydrogens is 272 g/mol. The molecule has 2 nitrogen and oxygen atoms in total. The zero-order valence-electron chi connectivity index (χ0n) is 14.9. The van der Waals surface area contributed by atoms with Gasteiger partial charge in [-0.1, -0.05) is 51.0 Å². The second kappa shape index (κ2) is 5.79. The highest BCUT2D eigenvalue weighted by Crippen LogP contribution is 2.61. The van der Waals surface area contributed by atoms with Gasteiger partial charge in [-0.05, 0) is 57.8 Å². The van der Waals surface area contributed by atoms with E-state index in [0.29, 0.717) is 31.1 Å². The first-order valence-electron chi connectivity index (χ1n) is 8.86. The molecule has 2 aliphatic rings. The molecule has 0 bridgehead atoms. The van der Waals surface area contributed by atoms with E-state index in [-0.39, 0.29) is 0 Å². The molecule has 2 fully saturated rings. The maximum absolute atomic E-state index is 11.9. The Bertz CT molecular complexity index is 452. The maximum atomic E-state index is 11.9. The second-order valence-electron chi connectivity index (χ2n) is 8.41. The molecule has 2 saturated carbocycles. The van der Waals surface area contributed by atoms with E-state index < -0.39 is 16.6 Å². The Hall–Kier alpha value is -0.600. The SMILES string of the molecule is C=C(C)C1(C(=C)C)CC[C@H](C)C[C@@]1(O)C1(O)CCCC(C)C1. The third-order valence-corrected chi connectivity index (χ3v) is 6.56. The van der Waals surface area contributed by atoms with Crippen molar-refractivity contribution in [2.75, 3.05) is 0 Å².